The molecule has 108 valence electrons. The van der Waals surface area contributed by atoms with Crippen LogP contribution in [0.2, 0.25) is 0 Å². The molecule has 0 bridgehead atoms. The second-order valence-electron chi connectivity index (χ2n) is 6.34. The lowest BCUT2D eigenvalue weighted by molar-refractivity contribution is -0.136. The molecule has 0 aromatic carbocycles. The maximum atomic E-state index is 12.5. The summed E-state index contributed by atoms with van der Waals surface area (Å²) in [6.07, 6.45) is 7.28. The van der Waals surface area contributed by atoms with Gasteiger partial charge in [-0.3, -0.25) is 9.69 Å². The molecule has 2 saturated heterocycles. The van der Waals surface area contributed by atoms with Crippen molar-refractivity contribution in [1.29, 1.82) is 0 Å². The summed E-state index contributed by atoms with van der Waals surface area (Å²) in [7, 11) is 0. The molecule has 3 aliphatic rings. The molecule has 4 nitrogen and oxygen atoms in total. The van der Waals surface area contributed by atoms with Crippen molar-refractivity contribution in [2.45, 2.75) is 63.6 Å². The molecule has 1 N–H and O–H groups in total. The van der Waals surface area contributed by atoms with Crippen molar-refractivity contribution in [2.24, 2.45) is 0 Å². The fraction of sp³-hybridized carbons (Fsp3) is 0.933. The molecule has 3 fully saturated rings. The Hall–Kier alpha value is -0.610. The Morgan fingerprint density at radius 1 is 1.16 bits per heavy atom. The number of likely N-dealkylation sites (tertiary alicyclic amines) is 2. The van der Waals surface area contributed by atoms with Crippen molar-refractivity contribution in [2.75, 3.05) is 26.2 Å². The highest BCUT2D eigenvalue weighted by atomic mass is 16.2. The van der Waals surface area contributed by atoms with Gasteiger partial charge in [-0.1, -0.05) is 6.92 Å². The average molecular weight is 265 g/mol. The van der Waals surface area contributed by atoms with Crippen molar-refractivity contribution in [1.82, 2.24) is 15.1 Å². The zero-order chi connectivity index (χ0) is 13.2. The zero-order valence-corrected chi connectivity index (χ0v) is 12.1. The molecule has 4 heteroatoms. The van der Waals surface area contributed by atoms with Gasteiger partial charge in [0.15, 0.2) is 0 Å². The summed E-state index contributed by atoms with van der Waals surface area (Å²) in [5.41, 5.74) is 0. The van der Waals surface area contributed by atoms with Crippen molar-refractivity contribution >= 4 is 5.91 Å². The topological polar surface area (TPSA) is 35.6 Å². The van der Waals surface area contributed by atoms with E-state index in [1.165, 1.54) is 32.2 Å². The molecule has 2 heterocycles. The number of likely N-dealkylation sites (N-methyl/N-ethyl adjacent to an activating group) is 1. The van der Waals surface area contributed by atoms with Crippen molar-refractivity contribution in [3.05, 3.63) is 0 Å². The highest BCUT2D eigenvalue weighted by Gasteiger charge is 2.35. The summed E-state index contributed by atoms with van der Waals surface area (Å²) in [5, 5.41) is 3.52. The van der Waals surface area contributed by atoms with Crippen molar-refractivity contribution < 1.29 is 4.79 Å². The van der Waals surface area contributed by atoms with E-state index in [4.69, 9.17) is 0 Å². The highest BCUT2D eigenvalue weighted by molar-refractivity contribution is 5.82. The molecule has 3 rings (SSSR count). The van der Waals surface area contributed by atoms with Gasteiger partial charge >= 0.3 is 0 Å². The smallest absolute Gasteiger partial charge is 0.239 e. The standard InChI is InChI=1S/C15H27N3O/c1-2-17-9-3-5-13(17)11-18-10-4-6-14(15(18)19)16-12-7-8-12/h12-14,16H,2-11H2,1H3. The van der Waals surface area contributed by atoms with Gasteiger partial charge in [0.25, 0.3) is 0 Å². The van der Waals surface area contributed by atoms with Gasteiger partial charge in [-0.15, -0.1) is 0 Å². The Kier molecular flexibility index (Phi) is 4.08. The first-order valence-electron chi connectivity index (χ1n) is 8.07. The minimum atomic E-state index is 0.109. The Labute approximate surface area is 116 Å². The van der Waals surface area contributed by atoms with Crippen molar-refractivity contribution in [3.8, 4) is 0 Å². The monoisotopic (exact) mass is 265 g/mol. The van der Waals surface area contributed by atoms with Gasteiger partial charge in [-0.05, 0) is 51.6 Å². The minimum Gasteiger partial charge on any atom is -0.340 e. The fourth-order valence-corrected chi connectivity index (χ4v) is 3.58. The largest absolute Gasteiger partial charge is 0.340 e. The van der Waals surface area contributed by atoms with E-state index in [-0.39, 0.29) is 6.04 Å². The Balaban J connectivity index is 1.55. The number of carbonyl (C=O) groups excluding carboxylic acids is 1. The molecule has 0 radical (unpaired) electrons. The van der Waals surface area contributed by atoms with Crippen LogP contribution >= 0.6 is 0 Å². The Morgan fingerprint density at radius 2 is 1.95 bits per heavy atom. The molecule has 2 aliphatic heterocycles. The van der Waals surface area contributed by atoms with Crippen LogP contribution < -0.4 is 5.32 Å². The van der Waals surface area contributed by atoms with Crippen LogP contribution in [0.3, 0.4) is 0 Å². The van der Waals surface area contributed by atoms with E-state index in [0.717, 1.165) is 32.5 Å². The molecule has 19 heavy (non-hydrogen) atoms. The van der Waals surface area contributed by atoms with Crippen LogP contribution in [-0.2, 0) is 4.79 Å². The summed E-state index contributed by atoms with van der Waals surface area (Å²) in [5.74, 6) is 0.362. The molecule has 0 aromatic heterocycles. The molecule has 0 spiro atoms. The maximum absolute atomic E-state index is 12.5. The van der Waals surface area contributed by atoms with Crippen LogP contribution in [0.5, 0.6) is 0 Å². The average Bonchev–Trinajstić information content (AvgIpc) is 3.11. The van der Waals surface area contributed by atoms with E-state index in [1.807, 2.05) is 0 Å². The number of rotatable bonds is 5. The van der Waals surface area contributed by atoms with E-state index >= 15 is 0 Å². The quantitative estimate of drug-likeness (QED) is 0.812. The minimum absolute atomic E-state index is 0.109. The lowest BCUT2D eigenvalue weighted by atomic mass is 10.0. The Morgan fingerprint density at radius 3 is 2.68 bits per heavy atom. The van der Waals surface area contributed by atoms with Gasteiger partial charge in [0.1, 0.15) is 0 Å². The van der Waals surface area contributed by atoms with E-state index in [0.29, 0.717) is 18.0 Å². The number of hydrogen-bond donors (Lipinski definition) is 1. The van der Waals surface area contributed by atoms with Gasteiger partial charge in [-0.25, -0.2) is 0 Å². The zero-order valence-electron chi connectivity index (χ0n) is 12.1. The highest BCUT2D eigenvalue weighted by Crippen LogP contribution is 2.24. The number of piperidine rings is 1. The molecular formula is C15H27N3O. The third-order valence-corrected chi connectivity index (χ3v) is 4.88. The molecule has 1 saturated carbocycles. The summed E-state index contributed by atoms with van der Waals surface area (Å²) < 4.78 is 0. The summed E-state index contributed by atoms with van der Waals surface area (Å²) in [4.78, 5) is 17.2. The van der Waals surface area contributed by atoms with Crippen LogP contribution in [0.15, 0.2) is 0 Å². The van der Waals surface area contributed by atoms with Crippen molar-refractivity contribution in [3.63, 3.8) is 0 Å². The second-order valence-corrected chi connectivity index (χ2v) is 6.34. The fourth-order valence-electron chi connectivity index (χ4n) is 3.58. The normalized spacial score (nSPS) is 33.1. The Bertz CT molecular complexity index is 329. The molecule has 2 atom stereocenters. The predicted octanol–water partition coefficient (Wildman–Crippen LogP) is 1.21. The number of carbonyl (C=O) groups is 1. The molecule has 2 unspecified atom stereocenters. The first-order valence-corrected chi connectivity index (χ1v) is 8.07. The summed E-state index contributed by atoms with van der Waals surface area (Å²) in [6, 6.07) is 1.35. The molecule has 1 aliphatic carbocycles. The molecule has 0 aromatic rings. The van der Waals surface area contributed by atoms with E-state index < -0.39 is 0 Å². The number of hydrogen-bond acceptors (Lipinski definition) is 3. The molecular weight excluding hydrogens is 238 g/mol. The van der Waals surface area contributed by atoms with Gasteiger partial charge in [0.2, 0.25) is 5.91 Å². The van der Waals surface area contributed by atoms with Crippen LogP contribution in [0.4, 0.5) is 0 Å². The summed E-state index contributed by atoms with van der Waals surface area (Å²) >= 11 is 0. The summed E-state index contributed by atoms with van der Waals surface area (Å²) in [6.45, 7) is 6.49. The van der Waals surface area contributed by atoms with Gasteiger partial charge in [0, 0.05) is 25.2 Å². The van der Waals surface area contributed by atoms with Crippen LogP contribution in [0.1, 0.15) is 45.4 Å². The van der Waals surface area contributed by atoms with Gasteiger partial charge in [0.05, 0.1) is 6.04 Å². The van der Waals surface area contributed by atoms with Gasteiger partial charge in [-0.2, -0.15) is 0 Å². The van der Waals surface area contributed by atoms with Crippen LogP contribution in [0, 0.1) is 0 Å². The third-order valence-electron chi connectivity index (χ3n) is 4.88. The van der Waals surface area contributed by atoms with Crippen LogP contribution in [0.25, 0.3) is 0 Å². The number of nitrogens with one attached hydrogen (secondary N) is 1. The lowest BCUT2D eigenvalue weighted by Gasteiger charge is -2.36. The lowest BCUT2D eigenvalue weighted by Crippen LogP contribution is -2.54. The van der Waals surface area contributed by atoms with Gasteiger partial charge < -0.3 is 10.2 Å². The SMILES string of the molecule is CCN1CCCC1CN1CCCC(NC2CC2)C1=O. The van der Waals surface area contributed by atoms with E-state index in [2.05, 4.69) is 22.0 Å². The first-order chi connectivity index (χ1) is 9.28. The number of nitrogens with zero attached hydrogens (tertiary/aromatic N) is 2. The maximum Gasteiger partial charge on any atom is 0.239 e. The van der Waals surface area contributed by atoms with E-state index in [9.17, 15) is 4.79 Å². The third kappa shape index (κ3) is 3.11. The second kappa shape index (κ2) is 5.80. The molecule has 1 amide bonds. The van der Waals surface area contributed by atoms with Crippen LogP contribution in [-0.4, -0.2) is 60.0 Å². The van der Waals surface area contributed by atoms with E-state index in [1.54, 1.807) is 0 Å². The first kappa shape index (κ1) is 13.4. The number of amides is 1. The predicted molar refractivity (Wildman–Crippen MR) is 76.0 cm³/mol.